The number of nitrogens with one attached hydrogen (secondary N) is 1. The van der Waals surface area contributed by atoms with Crippen LogP contribution in [0.2, 0.25) is 10.0 Å². The van der Waals surface area contributed by atoms with E-state index in [9.17, 15) is 9.59 Å². The first kappa shape index (κ1) is 24.9. The van der Waals surface area contributed by atoms with Gasteiger partial charge in [-0.2, -0.15) is 0 Å². The van der Waals surface area contributed by atoms with E-state index in [0.717, 1.165) is 29.7 Å². The molecule has 3 rings (SSSR count). The SMILES string of the molecule is CCOC(=O)c1c(NC(=O)C(C)Oc2ccc(Cl)cc2Cl)sc2c1CCC(C(C)(C)C)C2. The van der Waals surface area contributed by atoms with E-state index >= 15 is 0 Å². The maximum absolute atomic E-state index is 12.9. The lowest BCUT2D eigenvalue weighted by molar-refractivity contribution is -0.122. The van der Waals surface area contributed by atoms with E-state index in [-0.39, 0.29) is 17.9 Å². The van der Waals surface area contributed by atoms with Gasteiger partial charge < -0.3 is 14.8 Å². The topological polar surface area (TPSA) is 64.6 Å². The van der Waals surface area contributed by atoms with Crippen LogP contribution in [0.3, 0.4) is 0 Å². The number of hydrogen-bond donors (Lipinski definition) is 1. The van der Waals surface area contributed by atoms with Crippen LogP contribution in [0.15, 0.2) is 18.2 Å². The van der Waals surface area contributed by atoms with Crippen LogP contribution in [0.4, 0.5) is 5.00 Å². The molecule has 2 aromatic rings. The largest absolute Gasteiger partial charge is 0.479 e. The van der Waals surface area contributed by atoms with Gasteiger partial charge in [0.2, 0.25) is 0 Å². The van der Waals surface area contributed by atoms with Crippen molar-refractivity contribution in [3.8, 4) is 5.75 Å². The summed E-state index contributed by atoms with van der Waals surface area (Å²) in [5, 5.41) is 4.22. The fourth-order valence-corrected chi connectivity index (χ4v) is 5.63. The van der Waals surface area contributed by atoms with Crippen LogP contribution >= 0.6 is 34.5 Å². The van der Waals surface area contributed by atoms with Crippen molar-refractivity contribution in [3.05, 3.63) is 44.2 Å². The minimum absolute atomic E-state index is 0.176. The third-order valence-corrected chi connectivity index (χ3v) is 7.47. The zero-order valence-corrected chi connectivity index (χ0v) is 21.3. The Kier molecular flexibility index (Phi) is 7.79. The molecular weight excluding hydrogens is 469 g/mol. The molecule has 1 amide bonds. The highest BCUT2D eigenvalue weighted by atomic mass is 35.5. The fourth-order valence-electron chi connectivity index (χ4n) is 3.86. The molecule has 1 N–H and O–H groups in total. The third-order valence-electron chi connectivity index (χ3n) is 5.77. The summed E-state index contributed by atoms with van der Waals surface area (Å²) in [4.78, 5) is 26.8. The molecule has 0 saturated heterocycles. The van der Waals surface area contributed by atoms with E-state index in [1.54, 1.807) is 32.0 Å². The van der Waals surface area contributed by atoms with Crippen molar-refractivity contribution >= 4 is 51.4 Å². The average Bonchev–Trinajstić information content (AvgIpc) is 3.06. The van der Waals surface area contributed by atoms with Crippen molar-refractivity contribution in [1.82, 2.24) is 0 Å². The summed E-state index contributed by atoms with van der Waals surface area (Å²) in [5.74, 6) is 0.112. The van der Waals surface area contributed by atoms with Crippen LogP contribution in [0.5, 0.6) is 5.75 Å². The zero-order chi connectivity index (χ0) is 23.6. The highest BCUT2D eigenvalue weighted by molar-refractivity contribution is 7.17. The van der Waals surface area contributed by atoms with Gasteiger partial charge in [-0.15, -0.1) is 11.3 Å². The monoisotopic (exact) mass is 497 g/mol. The Hall–Kier alpha value is -1.76. The molecule has 0 bridgehead atoms. The minimum atomic E-state index is -0.829. The molecule has 0 fully saturated rings. The predicted molar refractivity (Wildman–Crippen MR) is 130 cm³/mol. The van der Waals surface area contributed by atoms with Gasteiger partial charge in [-0.05, 0) is 68.2 Å². The van der Waals surface area contributed by atoms with Gasteiger partial charge in [-0.25, -0.2) is 4.79 Å². The van der Waals surface area contributed by atoms with E-state index in [1.807, 2.05) is 0 Å². The van der Waals surface area contributed by atoms with Gasteiger partial charge in [0.15, 0.2) is 6.10 Å². The Morgan fingerprint density at radius 3 is 2.62 bits per heavy atom. The van der Waals surface area contributed by atoms with Crippen molar-refractivity contribution in [2.45, 2.75) is 60.0 Å². The number of thiophene rings is 1. The van der Waals surface area contributed by atoms with Crippen LogP contribution in [0.25, 0.3) is 0 Å². The first-order valence-corrected chi connectivity index (χ1v) is 12.3. The fraction of sp³-hybridized carbons (Fsp3) is 0.500. The molecule has 32 heavy (non-hydrogen) atoms. The summed E-state index contributed by atoms with van der Waals surface area (Å²) in [6.07, 6.45) is 1.86. The Balaban J connectivity index is 1.84. The molecule has 1 heterocycles. The highest BCUT2D eigenvalue weighted by Crippen LogP contribution is 2.44. The van der Waals surface area contributed by atoms with Crippen LogP contribution < -0.4 is 10.1 Å². The average molecular weight is 498 g/mol. The standard InChI is InChI=1S/C24H29Cl2NO4S/c1-6-30-23(29)20-16-9-7-14(24(3,4)5)11-19(16)32-22(20)27-21(28)13(2)31-18-10-8-15(25)12-17(18)26/h8,10,12-14H,6-7,9,11H2,1-5H3,(H,27,28). The number of fused-ring (bicyclic) bond motifs is 1. The van der Waals surface area contributed by atoms with Gasteiger partial charge in [0, 0.05) is 9.90 Å². The minimum Gasteiger partial charge on any atom is -0.479 e. The van der Waals surface area contributed by atoms with Gasteiger partial charge in [-0.3, -0.25) is 4.79 Å². The molecule has 0 saturated carbocycles. The van der Waals surface area contributed by atoms with Crippen LogP contribution in [0, 0.1) is 11.3 Å². The van der Waals surface area contributed by atoms with Crippen LogP contribution in [-0.2, 0) is 22.4 Å². The van der Waals surface area contributed by atoms with E-state index in [2.05, 4.69) is 26.1 Å². The lowest BCUT2D eigenvalue weighted by Crippen LogP contribution is -2.30. The molecule has 5 nitrogen and oxygen atoms in total. The molecule has 1 aliphatic carbocycles. The summed E-state index contributed by atoms with van der Waals surface area (Å²) in [7, 11) is 0. The maximum atomic E-state index is 12.9. The number of halogens is 2. The number of rotatable bonds is 6. The molecule has 2 unspecified atom stereocenters. The Bertz CT molecular complexity index is 1010. The molecule has 8 heteroatoms. The number of amides is 1. The third kappa shape index (κ3) is 5.59. The van der Waals surface area contributed by atoms with E-state index < -0.39 is 12.1 Å². The zero-order valence-electron chi connectivity index (χ0n) is 19.0. The maximum Gasteiger partial charge on any atom is 0.341 e. The Labute approximate surface area is 203 Å². The molecule has 0 spiro atoms. The smallest absolute Gasteiger partial charge is 0.341 e. The summed E-state index contributed by atoms with van der Waals surface area (Å²) in [6.45, 7) is 10.4. The van der Waals surface area contributed by atoms with Crippen LogP contribution in [-0.4, -0.2) is 24.6 Å². The summed E-state index contributed by atoms with van der Waals surface area (Å²) >= 11 is 13.5. The molecule has 2 atom stereocenters. The Morgan fingerprint density at radius 1 is 1.28 bits per heavy atom. The van der Waals surface area contributed by atoms with Crippen molar-refractivity contribution in [1.29, 1.82) is 0 Å². The van der Waals surface area contributed by atoms with E-state index in [1.165, 1.54) is 11.3 Å². The van der Waals surface area contributed by atoms with Crippen molar-refractivity contribution in [2.75, 3.05) is 11.9 Å². The number of hydrogen-bond acceptors (Lipinski definition) is 5. The first-order valence-electron chi connectivity index (χ1n) is 10.8. The number of carbonyl (C=O) groups is 2. The predicted octanol–water partition coefficient (Wildman–Crippen LogP) is 6.79. The summed E-state index contributed by atoms with van der Waals surface area (Å²) in [5.41, 5.74) is 1.65. The van der Waals surface area contributed by atoms with Gasteiger partial charge >= 0.3 is 5.97 Å². The number of esters is 1. The second kappa shape index (κ2) is 10.0. The lowest BCUT2D eigenvalue weighted by atomic mass is 9.72. The van der Waals surface area contributed by atoms with Crippen LogP contribution in [0.1, 0.15) is 61.8 Å². The molecule has 1 aliphatic rings. The van der Waals surface area contributed by atoms with E-state index in [0.29, 0.717) is 32.3 Å². The molecule has 174 valence electrons. The number of benzene rings is 1. The second-order valence-corrected chi connectivity index (χ2v) is 11.0. The Morgan fingerprint density at radius 2 is 2.00 bits per heavy atom. The molecule has 1 aromatic carbocycles. The lowest BCUT2D eigenvalue weighted by Gasteiger charge is -2.33. The van der Waals surface area contributed by atoms with Gasteiger partial charge in [-0.1, -0.05) is 44.0 Å². The van der Waals surface area contributed by atoms with Crippen molar-refractivity contribution < 1.29 is 19.1 Å². The quantitative estimate of drug-likeness (QED) is 0.446. The number of ether oxygens (including phenoxy) is 2. The van der Waals surface area contributed by atoms with Gasteiger partial charge in [0.25, 0.3) is 5.91 Å². The number of carbonyl (C=O) groups excluding carboxylic acids is 2. The molecular formula is C24H29Cl2NO4S. The highest BCUT2D eigenvalue weighted by Gasteiger charge is 2.35. The molecule has 1 aromatic heterocycles. The molecule has 0 aliphatic heterocycles. The molecule has 0 radical (unpaired) electrons. The van der Waals surface area contributed by atoms with E-state index in [4.69, 9.17) is 32.7 Å². The van der Waals surface area contributed by atoms with Crippen molar-refractivity contribution in [3.63, 3.8) is 0 Å². The summed E-state index contributed by atoms with van der Waals surface area (Å²) in [6, 6.07) is 4.82. The summed E-state index contributed by atoms with van der Waals surface area (Å²) < 4.78 is 11.0. The second-order valence-electron chi connectivity index (χ2n) is 9.06. The normalized spacial score (nSPS) is 16.8. The number of anilines is 1. The first-order chi connectivity index (χ1) is 15.0. The van der Waals surface area contributed by atoms with Gasteiger partial charge in [0.1, 0.15) is 10.8 Å². The van der Waals surface area contributed by atoms with Gasteiger partial charge in [0.05, 0.1) is 17.2 Å². The van der Waals surface area contributed by atoms with Crippen molar-refractivity contribution in [2.24, 2.45) is 11.3 Å².